The van der Waals surface area contributed by atoms with Crippen LogP contribution in [0.15, 0.2) is 35.0 Å². The normalized spacial score (nSPS) is 14.4. The first-order chi connectivity index (χ1) is 11.8. The highest BCUT2D eigenvalue weighted by Crippen LogP contribution is 2.32. The number of thiazole rings is 1. The number of aryl methyl sites for hydroxylation is 1. The highest BCUT2D eigenvalue weighted by molar-refractivity contribution is 7.22. The number of aromatic nitrogens is 1. The van der Waals surface area contributed by atoms with E-state index in [1.54, 1.807) is 22.7 Å². The summed E-state index contributed by atoms with van der Waals surface area (Å²) in [6.07, 6.45) is 3.80. The summed E-state index contributed by atoms with van der Waals surface area (Å²) in [4.78, 5) is 19.2. The van der Waals surface area contributed by atoms with Crippen LogP contribution in [0.4, 0.5) is 10.8 Å². The number of carbonyl (C=O) groups is 1. The molecule has 1 saturated heterocycles. The molecule has 1 N–H and O–H groups in total. The number of benzene rings is 1. The summed E-state index contributed by atoms with van der Waals surface area (Å²) >= 11 is 3.38. The first kappa shape index (κ1) is 15.6. The smallest absolute Gasteiger partial charge is 0.224 e. The van der Waals surface area contributed by atoms with E-state index < -0.39 is 0 Å². The zero-order valence-electron chi connectivity index (χ0n) is 13.3. The molecule has 0 saturated carbocycles. The molecule has 0 unspecified atom stereocenters. The summed E-state index contributed by atoms with van der Waals surface area (Å²) in [5.74, 6) is 0.0600. The van der Waals surface area contributed by atoms with Crippen LogP contribution in [0.5, 0.6) is 0 Å². The molecule has 2 aromatic heterocycles. The van der Waals surface area contributed by atoms with Crippen molar-refractivity contribution < 1.29 is 4.79 Å². The minimum absolute atomic E-state index is 0.0600. The van der Waals surface area contributed by atoms with Crippen molar-refractivity contribution in [2.45, 2.75) is 25.7 Å². The highest BCUT2D eigenvalue weighted by atomic mass is 32.1. The molecule has 24 heavy (non-hydrogen) atoms. The van der Waals surface area contributed by atoms with Crippen LogP contribution in [-0.4, -0.2) is 24.0 Å². The number of rotatable bonds is 5. The molecule has 3 aromatic rings. The zero-order valence-corrected chi connectivity index (χ0v) is 15.0. The lowest BCUT2D eigenvalue weighted by Crippen LogP contribution is -2.16. The standard InChI is InChI=1S/C18H19N3OS2/c22-17(6-3-13-7-10-23-12-13)19-14-4-5-15-16(11-14)24-18(20-15)21-8-1-2-9-21/h4-5,7,10-12H,1-3,6,8-9H2,(H,19,22). The second-order valence-electron chi connectivity index (χ2n) is 6.05. The highest BCUT2D eigenvalue weighted by Gasteiger charge is 2.16. The molecule has 6 heteroatoms. The van der Waals surface area contributed by atoms with Gasteiger partial charge in [-0.05, 0) is 59.9 Å². The SMILES string of the molecule is O=C(CCc1ccsc1)Nc1ccc2nc(N3CCCC3)sc2c1. The predicted octanol–water partition coefficient (Wildman–Crippen LogP) is 4.53. The third-order valence-electron chi connectivity index (χ3n) is 4.26. The molecule has 4 nitrogen and oxygen atoms in total. The van der Waals surface area contributed by atoms with Gasteiger partial charge in [0.2, 0.25) is 5.91 Å². The number of nitrogens with one attached hydrogen (secondary N) is 1. The minimum Gasteiger partial charge on any atom is -0.348 e. The van der Waals surface area contributed by atoms with Crippen molar-refractivity contribution >= 4 is 49.6 Å². The number of amides is 1. The fraction of sp³-hybridized carbons (Fsp3) is 0.333. The van der Waals surface area contributed by atoms with Gasteiger partial charge in [-0.1, -0.05) is 11.3 Å². The third-order valence-corrected chi connectivity index (χ3v) is 6.07. The summed E-state index contributed by atoms with van der Waals surface area (Å²) in [5, 5.41) is 8.24. The Labute approximate surface area is 149 Å². The van der Waals surface area contributed by atoms with Crippen LogP contribution in [0.3, 0.4) is 0 Å². The van der Waals surface area contributed by atoms with Crippen LogP contribution in [0.2, 0.25) is 0 Å². The fourth-order valence-corrected chi connectivity index (χ4v) is 4.71. The Morgan fingerprint density at radius 2 is 2.12 bits per heavy atom. The van der Waals surface area contributed by atoms with Crippen LogP contribution < -0.4 is 10.2 Å². The molecule has 124 valence electrons. The van der Waals surface area contributed by atoms with Crippen molar-refractivity contribution in [2.24, 2.45) is 0 Å². The molecule has 1 aromatic carbocycles. The minimum atomic E-state index is 0.0600. The van der Waals surface area contributed by atoms with E-state index in [4.69, 9.17) is 4.98 Å². The van der Waals surface area contributed by atoms with Gasteiger partial charge in [0.25, 0.3) is 0 Å². The van der Waals surface area contributed by atoms with Gasteiger partial charge in [-0.2, -0.15) is 11.3 Å². The second kappa shape index (κ2) is 6.91. The van der Waals surface area contributed by atoms with Gasteiger partial charge >= 0.3 is 0 Å². The first-order valence-corrected chi connectivity index (χ1v) is 10.0. The Balaban J connectivity index is 1.43. The lowest BCUT2D eigenvalue weighted by molar-refractivity contribution is -0.116. The van der Waals surface area contributed by atoms with Gasteiger partial charge < -0.3 is 10.2 Å². The van der Waals surface area contributed by atoms with Gasteiger partial charge in [-0.3, -0.25) is 4.79 Å². The number of nitrogens with zero attached hydrogens (tertiary/aromatic N) is 2. The fourth-order valence-electron chi connectivity index (χ4n) is 2.95. The van der Waals surface area contributed by atoms with Crippen molar-refractivity contribution in [3.63, 3.8) is 0 Å². The molecule has 0 aliphatic carbocycles. The maximum absolute atomic E-state index is 12.1. The Kier molecular flexibility index (Phi) is 4.49. The molecular formula is C18H19N3OS2. The topological polar surface area (TPSA) is 45.2 Å². The van der Waals surface area contributed by atoms with Crippen molar-refractivity contribution in [3.8, 4) is 0 Å². The van der Waals surface area contributed by atoms with Crippen LogP contribution in [0.1, 0.15) is 24.8 Å². The average molecular weight is 358 g/mol. The molecule has 1 aliphatic heterocycles. The Morgan fingerprint density at radius 3 is 2.92 bits per heavy atom. The summed E-state index contributed by atoms with van der Waals surface area (Å²) in [6, 6.07) is 8.05. The number of thiophene rings is 1. The van der Waals surface area contributed by atoms with E-state index in [0.29, 0.717) is 6.42 Å². The Hall–Kier alpha value is -1.92. The number of carbonyl (C=O) groups excluding carboxylic acids is 1. The molecule has 0 radical (unpaired) electrons. The number of fused-ring (bicyclic) bond motifs is 1. The van der Waals surface area contributed by atoms with E-state index in [1.165, 1.54) is 18.4 Å². The Bertz CT molecular complexity index is 835. The summed E-state index contributed by atoms with van der Waals surface area (Å²) in [5.41, 5.74) is 3.09. The summed E-state index contributed by atoms with van der Waals surface area (Å²) in [7, 11) is 0. The van der Waals surface area contributed by atoms with Gasteiger partial charge in [-0.15, -0.1) is 0 Å². The monoisotopic (exact) mass is 357 g/mol. The van der Waals surface area contributed by atoms with Crippen LogP contribution in [-0.2, 0) is 11.2 Å². The third kappa shape index (κ3) is 3.44. The van der Waals surface area contributed by atoms with Gasteiger partial charge in [0.15, 0.2) is 5.13 Å². The molecular weight excluding hydrogens is 338 g/mol. The zero-order chi connectivity index (χ0) is 16.4. The van der Waals surface area contributed by atoms with Crippen molar-refractivity contribution in [1.82, 2.24) is 4.98 Å². The molecule has 0 bridgehead atoms. The van der Waals surface area contributed by atoms with Gasteiger partial charge in [-0.25, -0.2) is 4.98 Å². The van der Waals surface area contributed by atoms with Crippen LogP contribution in [0.25, 0.3) is 10.2 Å². The van der Waals surface area contributed by atoms with Gasteiger partial charge in [0.05, 0.1) is 10.2 Å². The summed E-state index contributed by atoms with van der Waals surface area (Å²) in [6.45, 7) is 2.21. The number of anilines is 2. The second-order valence-corrected chi connectivity index (χ2v) is 7.84. The first-order valence-electron chi connectivity index (χ1n) is 8.24. The quantitative estimate of drug-likeness (QED) is 0.730. The molecule has 0 spiro atoms. The molecule has 4 rings (SSSR count). The largest absolute Gasteiger partial charge is 0.348 e. The number of hydrogen-bond donors (Lipinski definition) is 1. The summed E-state index contributed by atoms with van der Waals surface area (Å²) < 4.78 is 1.13. The van der Waals surface area contributed by atoms with Crippen molar-refractivity contribution in [2.75, 3.05) is 23.3 Å². The van der Waals surface area contributed by atoms with E-state index >= 15 is 0 Å². The lowest BCUT2D eigenvalue weighted by atomic mass is 10.2. The van der Waals surface area contributed by atoms with E-state index in [9.17, 15) is 4.79 Å². The average Bonchev–Trinajstić information content (AvgIpc) is 3.32. The van der Waals surface area contributed by atoms with Crippen molar-refractivity contribution in [3.05, 3.63) is 40.6 Å². The van der Waals surface area contributed by atoms with E-state index in [2.05, 4.69) is 21.7 Å². The maximum Gasteiger partial charge on any atom is 0.224 e. The lowest BCUT2D eigenvalue weighted by Gasteiger charge is -2.11. The van der Waals surface area contributed by atoms with E-state index in [-0.39, 0.29) is 5.91 Å². The van der Waals surface area contributed by atoms with Gasteiger partial charge in [0.1, 0.15) is 0 Å². The van der Waals surface area contributed by atoms with Gasteiger partial charge in [0, 0.05) is 25.2 Å². The maximum atomic E-state index is 12.1. The van der Waals surface area contributed by atoms with E-state index in [1.807, 2.05) is 23.6 Å². The molecule has 0 atom stereocenters. The molecule has 1 aliphatic rings. The molecule has 1 amide bonds. The number of hydrogen-bond acceptors (Lipinski definition) is 5. The molecule has 3 heterocycles. The van der Waals surface area contributed by atoms with Crippen LogP contribution >= 0.6 is 22.7 Å². The van der Waals surface area contributed by atoms with Crippen LogP contribution in [0, 0.1) is 0 Å². The predicted molar refractivity (Wildman–Crippen MR) is 102 cm³/mol. The van der Waals surface area contributed by atoms with Crippen molar-refractivity contribution in [1.29, 1.82) is 0 Å². The Morgan fingerprint density at radius 1 is 1.25 bits per heavy atom. The van der Waals surface area contributed by atoms with E-state index in [0.717, 1.165) is 40.5 Å². The molecule has 1 fully saturated rings.